The highest BCUT2D eigenvalue weighted by atomic mass is 79.9. The second-order valence-corrected chi connectivity index (χ2v) is 3.55. The first-order valence-electron chi connectivity index (χ1n) is 4.36. The van der Waals surface area contributed by atoms with Crippen molar-refractivity contribution in [2.24, 2.45) is 0 Å². The fraction of sp³-hybridized carbons (Fsp3) is 0.750. The van der Waals surface area contributed by atoms with E-state index in [-0.39, 0.29) is 19.1 Å². The third-order valence-electron chi connectivity index (χ3n) is 1.71. The second kappa shape index (κ2) is 5.98. The molecule has 0 unspecified atom stereocenters. The van der Waals surface area contributed by atoms with Crippen molar-refractivity contribution in [3.8, 4) is 0 Å². The van der Waals surface area contributed by atoms with E-state index in [0.29, 0.717) is 13.2 Å². The molecule has 2 amide bonds. The molecular formula is C8H12BrNO4. The van der Waals surface area contributed by atoms with Gasteiger partial charge in [-0.1, -0.05) is 15.9 Å². The molecule has 1 heterocycles. The van der Waals surface area contributed by atoms with Gasteiger partial charge in [0.1, 0.15) is 13.2 Å². The Morgan fingerprint density at radius 2 is 2.43 bits per heavy atom. The summed E-state index contributed by atoms with van der Waals surface area (Å²) in [5.74, 6) is -0.331. The molecule has 0 spiro atoms. The molecule has 6 heteroatoms. The molecule has 5 nitrogen and oxygen atoms in total. The highest BCUT2D eigenvalue weighted by Crippen LogP contribution is 2.03. The Bertz CT molecular complexity index is 221. The van der Waals surface area contributed by atoms with E-state index in [1.165, 1.54) is 0 Å². The summed E-state index contributed by atoms with van der Waals surface area (Å²) in [6.45, 7) is 1.08. The number of hydrogen-bond donors (Lipinski definition) is 0. The van der Waals surface area contributed by atoms with E-state index in [1.54, 1.807) is 0 Å². The molecule has 1 fully saturated rings. The zero-order valence-electron chi connectivity index (χ0n) is 7.70. The largest absolute Gasteiger partial charge is 0.447 e. The average molecular weight is 266 g/mol. The highest BCUT2D eigenvalue weighted by molar-refractivity contribution is 9.09. The van der Waals surface area contributed by atoms with Gasteiger partial charge in [0.05, 0.1) is 6.54 Å². The minimum absolute atomic E-state index is 0.0535. The van der Waals surface area contributed by atoms with Crippen LogP contribution in [0.1, 0.15) is 6.42 Å². The Labute approximate surface area is 90.5 Å². The van der Waals surface area contributed by atoms with Crippen LogP contribution in [0.5, 0.6) is 0 Å². The fourth-order valence-corrected chi connectivity index (χ4v) is 1.24. The van der Waals surface area contributed by atoms with Gasteiger partial charge in [0.2, 0.25) is 0 Å². The fourth-order valence-electron chi connectivity index (χ4n) is 1.01. The maximum absolute atomic E-state index is 11.3. The van der Waals surface area contributed by atoms with Crippen LogP contribution < -0.4 is 0 Å². The third kappa shape index (κ3) is 3.26. The van der Waals surface area contributed by atoms with Gasteiger partial charge in [-0.05, 0) is 6.42 Å². The molecule has 0 N–H and O–H groups in total. The molecule has 0 aromatic rings. The van der Waals surface area contributed by atoms with Crippen molar-refractivity contribution in [3.63, 3.8) is 0 Å². The summed E-state index contributed by atoms with van der Waals surface area (Å²) in [4.78, 5) is 23.3. The molecule has 1 aliphatic rings. The topological polar surface area (TPSA) is 55.8 Å². The van der Waals surface area contributed by atoms with Crippen molar-refractivity contribution in [2.75, 3.05) is 31.7 Å². The van der Waals surface area contributed by atoms with E-state index in [0.717, 1.165) is 16.7 Å². The SMILES string of the molecule is O=C(COCCCBr)N1CCOC1=O. The van der Waals surface area contributed by atoms with Crippen LogP contribution in [-0.2, 0) is 14.3 Å². The first-order chi connectivity index (χ1) is 6.75. The van der Waals surface area contributed by atoms with E-state index >= 15 is 0 Å². The maximum Gasteiger partial charge on any atom is 0.416 e. The van der Waals surface area contributed by atoms with Gasteiger partial charge in [-0.25, -0.2) is 9.69 Å². The highest BCUT2D eigenvalue weighted by Gasteiger charge is 2.27. The lowest BCUT2D eigenvalue weighted by atomic mass is 10.5. The average Bonchev–Trinajstić information content (AvgIpc) is 2.59. The van der Waals surface area contributed by atoms with Crippen LogP contribution in [0.25, 0.3) is 0 Å². The summed E-state index contributed by atoms with van der Waals surface area (Å²) >= 11 is 3.24. The van der Waals surface area contributed by atoms with Crippen LogP contribution >= 0.6 is 15.9 Å². The van der Waals surface area contributed by atoms with E-state index in [4.69, 9.17) is 4.74 Å². The Kier molecular flexibility index (Phi) is 4.89. The standard InChI is InChI=1S/C8H12BrNO4/c9-2-1-4-13-6-7(11)10-3-5-14-8(10)12/h1-6H2. The van der Waals surface area contributed by atoms with Crippen LogP contribution in [-0.4, -0.2) is 48.6 Å². The Morgan fingerprint density at radius 3 is 3.00 bits per heavy atom. The third-order valence-corrected chi connectivity index (χ3v) is 2.27. The molecule has 1 aliphatic heterocycles. The summed E-state index contributed by atoms with van der Waals surface area (Å²) in [7, 11) is 0. The van der Waals surface area contributed by atoms with Crippen molar-refractivity contribution < 1.29 is 19.1 Å². The summed E-state index contributed by atoms with van der Waals surface area (Å²) in [5.41, 5.74) is 0. The van der Waals surface area contributed by atoms with Gasteiger partial charge in [0, 0.05) is 11.9 Å². The Hall–Kier alpha value is -0.620. The van der Waals surface area contributed by atoms with Gasteiger partial charge < -0.3 is 9.47 Å². The van der Waals surface area contributed by atoms with Crippen LogP contribution in [0.3, 0.4) is 0 Å². The molecule has 0 radical (unpaired) electrons. The monoisotopic (exact) mass is 265 g/mol. The molecule has 0 aromatic carbocycles. The molecule has 80 valence electrons. The zero-order valence-corrected chi connectivity index (χ0v) is 9.29. The minimum atomic E-state index is -0.570. The lowest BCUT2D eigenvalue weighted by Crippen LogP contribution is -2.34. The number of amides is 2. The van der Waals surface area contributed by atoms with Crippen molar-refractivity contribution in [1.29, 1.82) is 0 Å². The first kappa shape index (κ1) is 11.5. The van der Waals surface area contributed by atoms with Crippen LogP contribution in [0, 0.1) is 0 Å². The zero-order chi connectivity index (χ0) is 10.4. The number of carbonyl (C=O) groups excluding carboxylic acids is 2. The Morgan fingerprint density at radius 1 is 1.64 bits per heavy atom. The van der Waals surface area contributed by atoms with Crippen LogP contribution in [0.15, 0.2) is 0 Å². The van der Waals surface area contributed by atoms with Gasteiger partial charge >= 0.3 is 6.09 Å². The minimum Gasteiger partial charge on any atom is -0.447 e. The predicted octanol–water partition coefficient (Wildman–Crippen LogP) is 0.767. The van der Waals surface area contributed by atoms with Gasteiger partial charge in [0.25, 0.3) is 5.91 Å². The first-order valence-corrected chi connectivity index (χ1v) is 5.48. The number of hydrogen-bond acceptors (Lipinski definition) is 4. The second-order valence-electron chi connectivity index (χ2n) is 2.75. The number of ether oxygens (including phenoxy) is 2. The number of halogens is 1. The van der Waals surface area contributed by atoms with E-state index in [9.17, 15) is 9.59 Å². The molecule has 1 rings (SSSR count). The molecule has 1 saturated heterocycles. The van der Waals surface area contributed by atoms with Crippen LogP contribution in [0.2, 0.25) is 0 Å². The molecule has 0 aromatic heterocycles. The molecule has 0 atom stereocenters. The van der Waals surface area contributed by atoms with E-state index in [1.807, 2.05) is 0 Å². The molecule has 0 aliphatic carbocycles. The molecular weight excluding hydrogens is 254 g/mol. The molecule has 0 saturated carbocycles. The smallest absolute Gasteiger partial charge is 0.416 e. The van der Waals surface area contributed by atoms with Gasteiger partial charge in [-0.3, -0.25) is 4.79 Å². The number of carbonyl (C=O) groups is 2. The van der Waals surface area contributed by atoms with Crippen molar-refractivity contribution in [3.05, 3.63) is 0 Å². The quantitative estimate of drug-likeness (QED) is 0.544. The van der Waals surface area contributed by atoms with Crippen molar-refractivity contribution in [1.82, 2.24) is 4.90 Å². The maximum atomic E-state index is 11.3. The van der Waals surface area contributed by atoms with E-state index in [2.05, 4.69) is 20.7 Å². The number of rotatable bonds is 5. The lowest BCUT2D eigenvalue weighted by Gasteiger charge is -2.10. The summed E-state index contributed by atoms with van der Waals surface area (Å²) in [6, 6.07) is 0. The van der Waals surface area contributed by atoms with Gasteiger partial charge in [-0.2, -0.15) is 0 Å². The van der Waals surface area contributed by atoms with Crippen molar-refractivity contribution in [2.45, 2.75) is 6.42 Å². The summed E-state index contributed by atoms with van der Waals surface area (Å²) < 4.78 is 9.68. The normalized spacial score (nSPS) is 15.8. The Balaban J connectivity index is 2.18. The number of cyclic esters (lactones) is 1. The summed E-state index contributed by atoms with van der Waals surface area (Å²) in [6.07, 6.45) is 0.275. The number of alkyl halides is 1. The number of nitrogens with zero attached hydrogens (tertiary/aromatic N) is 1. The lowest BCUT2D eigenvalue weighted by molar-refractivity contribution is -0.132. The summed E-state index contributed by atoms with van der Waals surface area (Å²) in [5, 5.41) is 0.840. The number of imide groups is 1. The van der Waals surface area contributed by atoms with Gasteiger partial charge in [-0.15, -0.1) is 0 Å². The van der Waals surface area contributed by atoms with Crippen LogP contribution in [0.4, 0.5) is 4.79 Å². The predicted molar refractivity (Wildman–Crippen MR) is 52.3 cm³/mol. The van der Waals surface area contributed by atoms with Gasteiger partial charge in [0.15, 0.2) is 0 Å². The molecule has 14 heavy (non-hydrogen) atoms. The van der Waals surface area contributed by atoms with E-state index < -0.39 is 6.09 Å². The van der Waals surface area contributed by atoms with Crippen molar-refractivity contribution >= 4 is 27.9 Å². The molecule has 0 bridgehead atoms.